The van der Waals surface area contributed by atoms with Gasteiger partial charge in [0.1, 0.15) is 0 Å². The van der Waals surface area contributed by atoms with Crippen molar-refractivity contribution in [3.05, 3.63) is 0 Å². The van der Waals surface area contributed by atoms with E-state index in [1.807, 2.05) is 0 Å². The number of hydrogen-bond donors (Lipinski definition) is 2. The highest BCUT2D eigenvalue weighted by Gasteiger charge is 2.20. The Hall–Kier alpha value is -0.0800. The Morgan fingerprint density at radius 3 is 2.57 bits per heavy atom. The minimum Gasteiger partial charge on any atom is -0.393 e. The molecule has 2 nitrogen and oxygen atoms in total. The predicted molar refractivity (Wildman–Crippen MR) is 60.4 cm³/mol. The largest absolute Gasteiger partial charge is 0.393 e. The van der Waals surface area contributed by atoms with E-state index in [0.717, 1.165) is 32.4 Å². The molecular formula is C12H25NO. The summed E-state index contributed by atoms with van der Waals surface area (Å²) in [6.45, 7) is 4.41. The zero-order chi connectivity index (χ0) is 10.2. The van der Waals surface area contributed by atoms with E-state index < -0.39 is 0 Å². The van der Waals surface area contributed by atoms with E-state index in [-0.39, 0.29) is 6.10 Å². The van der Waals surface area contributed by atoms with Crippen molar-refractivity contribution in [2.24, 2.45) is 5.92 Å². The van der Waals surface area contributed by atoms with Crippen LogP contribution >= 0.6 is 0 Å². The molecule has 1 heterocycles. The van der Waals surface area contributed by atoms with Crippen molar-refractivity contribution >= 4 is 0 Å². The van der Waals surface area contributed by atoms with Crippen LogP contribution in [0.2, 0.25) is 0 Å². The quantitative estimate of drug-likeness (QED) is 0.643. The van der Waals surface area contributed by atoms with E-state index in [0.29, 0.717) is 5.92 Å². The van der Waals surface area contributed by atoms with Crippen molar-refractivity contribution in [1.29, 1.82) is 0 Å². The molecule has 0 saturated carbocycles. The maximum Gasteiger partial charge on any atom is 0.0569 e. The number of rotatable bonds is 6. The van der Waals surface area contributed by atoms with Gasteiger partial charge in [-0.15, -0.1) is 0 Å². The molecule has 1 atom stereocenters. The van der Waals surface area contributed by atoms with Crippen molar-refractivity contribution in [3.63, 3.8) is 0 Å². The molecule has 0 bridgehead atoms. The van der Waals surface area contributed by atoms with Crippen LogP contribution in [-0.4, -0.2) is 24.3 Å². The van der Waals surface area contributed by atoms with Crippen LogP contribution in [-0.2, 0) is 0 Å². The second-order valence-corrected chi connectivity index (χ2v) is 4.50. The Kier molecular flexibility index (Phi) is 6.20. The minimum atomic E-state index is -0.0334. The lowest BCUT2D eigenvalue weighted by Crippen LogP contribution is -2.34. The summed E-state index contributed by atoms with van der Waals surface area (Å²) in [7, 11) is 0. The first-order valence-electron chi connectivity index (χ1n) is 6.23. The van der Waals surface area contributed by atoms with Crippen LogP contribution < -0.4 is 5.32 Å². The molecule has 0 amide bonds. The molecule has 1 aliphatic heterocycles. The molecule has 0 aromatic rings. The molecule has 0 aliphatic carbocycles. The van der Waals surface area contributed by atoms with Crippen LogP contribution in [0.15, 0.2) is 0 Å². The summed E-state index contributed by atoms with van der Waals surface area (Å²) in [6, 6.07) is 0. The van der Waals surface area contributed by atoms with Gasteiger partial charge in [-0.05, 0) is 38.3 Å². The van der Waals surface area contributed by atoms with Crippen LogP contribution in [0.3, 0.4) is 0 Å². The third-order valence-corrected chi connectivity index (χ3v) is 3.28. The van der Waals surface area contributed by atoms with E-state index in [1.54, 1.807) is 0 Å². The molecule has 2 heteroatoms. The minimum absolute atomic E-state index is 0.0334. The highest BCUT2D eigenvalue weighted by atomic mass is 16.3. The maximum atomic E-state index is 9.95. The predicted octanol–water partition coefficient (Wildman–Crippen LogP) is 2.32. The topological polar surface area (TPSA) is 32.3 Å². The van der Waals surface area contributed by atoms with Gasteiger partial charge < -0.3 is 10.4 Å². The van der Waals surface area contributed by atoms with E-state index in [2.05, 4.69) is 12.2 Å². The van der Waals surface area contributed by atoms with Gasteiger partial charge in [-0.3, -0.25) is 0 Å². The van der Waals surface area contributed by atoms with Crippen molar-refractivity contribution in [2.45, 2.75) is 58.0 Å². The molecule has 14 heavy (non-hydrogen) atoms. The highest BCUT2D eigenvalue weighted by Crippen LogP contribution is 2.20. The highest BCUT2D eigenvalue weighted by molar-refractivity contribution is 4.74. The third-order valence-electron chi connectivity index (χ3n) is 3.28. The lowest BCUT2D eigenvalue weighted by atomic mass is 9.89. The Morgan fingerprint density at radius 2 is 1.93 bits per heavy atom. The second-order valence-electron chi connectivity index (χ2n) is 4.50. The van der Waals surface area contributed by atoms with Gasteiger partial charge in [0, 0.05) is 0 Å². The summed E-state index contributed by atoms with van der Waals surface area (Å²) < 4.78 is 0. The fourth-order valence-electron chi connectivity index (χ4n) is 2.24. The third kappa shape index (κ3) is 4.43. The maximum absolute atomic E-state index is 9.95. The van der Waals surface area contributed by atoms with Gasteiger partial charge in [0.25, 0.3) is 0 Å². The van der Waals surface area contributed by atoms with Gasteiger partial charge in [-0.25, -0.2) is 0 Å². The average Bonchev–Trinajstić information content (AvgIpc) is 2.25. The summed E-state index contributed by atoms with van der Waals surface area (Å²) in [4.78, 5) is 0. The van der Waals surface area contributed by atoms with Crippen molar-refractivity contribution in [2.75, 3.05) is 13.1 Å². The number of aliphatic hydroxyl groups is 1. The number of nitrogens with one attached hydrogen (secondary N) is 1. The summed E-state index contributed by atoms with van der Waals surface area (Å²) >= 11 is 0. The molecule has 2 N–H and O–H groups in total. The first kappa shape index (κ1) is 12.0. The molecule has 0 radical (unpaired) electrons. The molecule has 1 fully saturated rings. The summed E-state index contributed by atoms with van der Waals surface area (Å²) in [5.74, 6) is 0.567. The fraction of sp³-hybridized carbons (Fsp3) is 1.00. The van der Waals surface area contributed by atoms with Gasteiger partial charge in [0.15, 0.2) is 0 Å². The van der Waals surface area contributed by atoms with E-state index >= 15 is 0 Å². The molecule has 1 aliphatic rings. The zero-order valence-electron chi connectivity index (χ0n) is 9.47. The Labute approximate surface area is 88.1 Å². The first-order chi connectivity index (χ1) is 6.84. The Bertz CT molecular complexity index is 132. The molecule has 1 saturated heterocycles. The number of piperidine rings is 1. The van der Waals surface area contributed by atoms with Gasteiger partial charge in [0.05, 0.1) is 6.10 Å². The molecule has 0 aromatic heterocycles. The lowest BCUT2D eigenvalue weighted by Gasteiger charge is -2.27. The van der Waals surface area contributed by atoms with Crippen LogP contribution in [0.25, 0.3) is 0 Å². The van der Waals surface area contributed by atoms with Gasteiger partial charge >= 0.3 is 0 Å². The van der Waals surface area contributed by atoms with Crippen LogP contribution in [0, 0.1) is 5.92 Å². The molecule has 1 unspecified atom stereocenters. The average molecular weight is 199 g/mol. The molecule has 0 spiro atoms. The van der Waals surface area contributed by atoms with E-state index in [1.165, 1.54) is 25.7 Å². The van der Waals surface area contributed by atoms with Crippen molar-refractivity contribution in [1.82, 2.24) is 5.32 Å². The summed E-state index contributed by atoms with van der Waals surface area (Å²) in [5.41, 5.74) is 0. The van der Waals surface area contributed by atoms with Crippen molar-refractivity contribution in [3.8, 4) is 0 Å². The van der Waals surface area contributed by atoms with Gasteiger partial charge in [-0.1, -0.05) is 32.6 Å². The van der Waals surface area contributed by atoms with Crippen LogP contribution in [0.1, 0.15) is 51.9 Å². The van der Waals surface area contributed by atoms with E-state index in [4.69, 9.17) is 0 Å². The Morgan fingerprint density at radius 1 is 1.21 bits per heavy atom. The first-order valence-corrected chi connectivity index (χ1v) is 6.23. The molecule has 84 valence electrons. The van der Waals surface area contributed by atoms with Crippen molar-refractivity contribution < 1.29 is 5.11 Å². The van der Waals surface area contributed by atoms with Gasteiger partial charge in [0.2, 0.25) is 0 Å². The van der Waals surface area contributed by atoms with Gasteiger partial charge in [-0.2, -0.15) is 0 Å². The molecular weight excluding hydrogens is 174 g/mol. The number of hydrogen-bond acceptors (Lipinski definition) is 2. The SMILES string of the molecule is CCCCCCC(O)C1CCNCC1. The number of unbranched alkanes of at least 4 members (excludes halogenated alkanes) is 3. The summed E-state index contributed by atoms with van der Waals surface area (Å²) in [6.07, 6.45) is 8.41. The zero-order valence-corrected chi connectivity index (χ0v) is 9.47. The standard InChI is InChI=1S/C12H25NO/c1-2-3-4-5-6-12(14)11-7-9-13-10-8-11/h11-14H,2-10H2,1H3. The lowest BCUT2D eigenvalue weighted by molar-refractivity contribution is 0.0785. The number of aliphatic hydroxyl groups excluding tert-OH is 1. The van der Waals surface area contributed by atoms with E-state index in [9.17, 15) is 5.11 Å². The smallest absolute Gasteiger partial charge is 0.0569 e. The molecule has 1 rings (SSSR count). The Balaban J connectivity index is 2.04. The van der Waals surface area contributed by atoms with Crippen LogP contribution in [0.4, 0.5) is 0 Å². The van der Waals surface area contributed by atoms with Crippen LogP contribution in [0.5, 0.6) is 0 Å². The monoisotopic (exact) mass is 199 g/mol. The fourth-order valence-corrected chi connectivity index (χ4v) is 2.24. The molecule has 0 aromatic carbocycles. The second kappa shape index (κ2) is 7.24. The normalized spacial score (nSPS) is 21.0. The summed E-state index contributed by atoms with van der Waals surface area (Å²) in [5, 5.41) is 13.3.